The lowest BCUT2D eigenvalue weighted by Gasteiger charge is -2.41. The van der Waals surface area contributed by atoms with Gasteiger partial charge in [-0.2, -0.15) is 0 Å². The van der Waals surface area contributed by atoms with Gasteiger partial charge in [0.2, 0.25) is 0 Å². The summed E-state index contributed by atoms with van der Waals surface area (Å²) in [6.45, 7) is 8.12. The molecule has 0 aliphatic carbocycles. The van der Waals surface area contributed by atoms with Crippen LogP contribution >= 0.6 is 15.9 Å². The Morgan fingerprint density at radius 3 is 2.79 bits per heavy atom. The number of nitrogens with zero attached hydrogens (tertiary/aromatic N) is 1. The quantitative estimate of drug-likeness (QED) is 0.909. The summed E-state index contributed by atoms with van der Waals surface area (Å²) in [4.78, 5) is 2.46. The van der Waals surface area contributed by atoms with Crippen molar-refractivity contribution in [1.82, 2.24) is 10.2 Å². The second-order valence-electron chi connectivity index (χ2n) is 6.05. The van der Waals surface area contributed by atoms with Gasteiger partial charge in [0.1, 0.15) is 0 Å². The van der Waals surface area contributed by atoms with E-state index in [1.54, 1.807) is 0 Å². The molecule has 2 rings (SSSR count). The minimum absolute atomic E-state index is 0.403. The molecule has 19 heavy (non-hydrogen) atoms. The third kappa shape index (κ3) is 3.80. The summed E-state index contributed by atoms with van der Waals surface area (Å²) < 4.78 is 1.16. The van der Waals surface area contributed by atoms with Crippen LogP contribution < -0.4 is 5.32 Å². The van der Waals surface area contributed by atoms with Crippen LogP contribution in [0.3, 0.4) is 0 Å². The molecule has 1 aliphatic heterocycles. The summed E-state index contributed by atoms with van der Waals surface area (Å²) in [6, 6.07) is 10.3. The zero-order valence-corrected chi connectivity index (χ0v) is 13.9. The molecule has 0 amide bonds. The maximum Gasteiger partial charge on any atom is 0.0294 e. The lowest BCUT2D eigenvalue weighted by atomic mass is 9.89. The Morgan fingerprint density at radius 2 is 2.11 bits per heavy atom. The number of halogens is 1. The van der Waals surface area contributed by atoms with Gasteiger partial charge in [-0.05, 0) is 50.9 Å². The monoisotopic (exact) mass is 324 g/mol. The van der Waals surface area contributed by atoms with Crippen molar-refractivity contribution in [2.75, 3.05) is 13.6 Å². The molecule has 1 aromatic carbocycles. The molecule has 0 saturated carbocycles. The first-order valence-corrected chi connectivity index (χ1v) is 7.98. The van der Waals surface area contributed by atoms with Gasteiger partial charge >= 0.3 is 0 Å². The van der Waals surface area contributed by atoms with Gasteiger partial charge < -0.3 is 10.2 Å². The van der Waals surface area contributed by atoms with Crippen LogP contribution in [0.1, 0.15) is 38.8 Å². The molecule has 0 bridgehead atoms. The van der Waals surface area contributed by atoms with Crippen molar-refractivity contribution in [3.63, 3.8) is 0 Å². The molecule has 2 nitrogen and oxygen atoms in total. The molecular formula is C16H25BrN2. The van der Waals surface area contributed by atoms with Crippen molar-refractivity contribution in [2.45, 2.75) is 45.3 Å². The number of nitrogens with one attached hydrogen (secondary N) is 1. The SMILES string of the molecule is CC1CN(C)C(C)CC1N[C@@H](C)c1cccc(Br)c1. The zero-order valence-electron chi connectivity index (χ0n) is 12.4. The minimum Gasteiger partial charge on any atom is -0.307 e. The maximum atomic E-state index is 3.82. The Labute approximate surface area is 125 Å². The highest BCUT2D eigenvalue weighted by molar-refractivity contribution is 9.10. The Hall–Kier alpha value is -0.380. The van der Waals surface area contributed by atoms with E-state index in [9.17, 15) is 0 Å². The van der Waals surface area contributed by atoms with Crippen LogP contribution in [0.5, 0.6) is 0 Å². The normalized spacial score (nSPS) is 30.3. The van der Waals surface area contributed by atoms with E-state index in [1.165, 1.54) is 18.5 Å². The molecule has 3 unspecified atom stereocenters. The van der Waals surface area contributed by atoms with Gasteiger partial charge in [0.25, 0.3) is 0 Å². The molecule has 0 radical (unpaired) electrons. The summed E-state index contributed by atoms with van der Waals surface area (Å²) in [7, 11) is 2.23. The minimum atomic E-state index is 0.403. The van der Waals surface area contributed by atoms with Crippen LogP contribution in [0.4, 0.5) is 0 Å². The van der Waals surface area contributed by atoms with Crippen LogP contribution in [0.25, 0.3) is 0 Å². The third-order valence-corrected chi connectivity index (χ3v) is 4.92. The average molecular weight is 325 g/mol. The van der Waals surface area contributed by atoms with E-state index in [4.69, 9.17) is 0 Å². The molecule has 106 valence electrons. The fourth-order valence-electron chi connectivity index (χ4n) is 2.97. The number of rotatable bonds is 3. The van der Waals surface area contributed by atoms with Crippen molar-refractivity contribution in [2.24, 2.45) is 5.92 Å². The molecule has 1 heterocycles. The smallest absolute Gasteiger partial charge is 0.0294 e. The second kappa shape index (κ2) is 6.38. The van der Waals surface area contributed by atoms with Crippen molar-refractivity contribution < 1.29 is 0 Å². The number of hydrogen-bond acceptors (Lipinski definition) is 2. The van der Waals surface area contributed by atoms with E-state index in [0.717, 1.165) is 4.47 Å². The van der Waals surface area contributed by atoms with Gasteiger partial charge in [0.15, 0.2) is 0 Å². The zero-order chi connectivity index (χ0) is 14.0. The fourth-order valence-corrected chi connectivity index (χ4v) is 3.38. The molecule has 1 saturated heterocycles. The molecule has 1 N–H and O–H groups in total. The summed E-state index contributed by atoms with van der Waals surface area (Å²) in [5.74, 6) is 0.704. The van der Waals surface area contributed by atoms with E-state index >= 15 is 0 Å². The number of benzene rings is 1. The third-order valence-electron chi connectivity index (χ3n) is 4.42. The van der Waals surface area contributed by atoms with Crippen LogP contribution in [0.15, 0.2) is 28.7 Å². The van der Waals surface area contributed by atoms with E-state index in [-0.39, 0.29) is 0 Å². The summed E-state index contributed by atoms with van der Waals surface area (Å²) in [5, 5.41) is 3.82. The van der Waals surface area contributed by atoms with Crippen molar-refractivity contribution in [3.8, 4) is 0 Å². The molecule has 1 fully saturated rings. The molecule has 4 atom stereocenters. The van der Waals surface area contributed by atoms with E-state index in [1.807, 2.05) is 0 Å². The fraction of sp³-hybridized carbons (Fsp3) is 0.625. The number of hydrogen-bond donors (Lipinski definition) is 1. The molecule has 0 aromatic heterocycles. The number of piperidine rings is 1. The van der Waals surface area contributed by atoms with Gasteiger partial charge in [0.05, 0.1) is 0 Å². The van der Waals surface area contributed by atoms with E-state index in [0.29, 0.717) is 24.0 Å². The Balaban J connectivity index is 2.00. The Bertz CT molecular complexity index is 421. The van der Waals surface area contributed by atoms with Gasteiger partial charge in [-0.1, -0.05) is 35.0 Å². The molecule has 3 heteroatoms. The van der Waals surface area contributed by atoms with Crippen molar-refractivity contribution in [1.29, 1.82) is 0 Å². The first kappa shape index (κ1) is 15.0. The highest BCUT2D eigenvalue weighted by Crippen LogP contribution is 2.24. The second-order valence-corrected chi connectivity index (χ2v) is 6.97. The first-order chi connectivity index (χ1) is 8.97. The summed E-state index contributed by atoms with van der Waals surface area (Å²) in [5.41, 5.74) is 1.35. The predicted octanol–water partition coefficient (Wildman–Crippen LogP) is 3.83. The molecule has 1 aliphatic rings. The van der Waals surface area contributed by atoms with Crippen LogP contribution in [0, 0.1) is 5.92 Å². The van der Waals surface area contributed by atoms with Crippen LogP contribution in [-0.2, 0) is 0 Å². The largest absolute Gasteiger partial charge is 0.307 e. The van der Waals surface area contributed by atoms with E-state index < -0.39 is 0 Å². The predicted molar refractivity (Wildman–Crippen MR) is 85.4 cm³/mol. The lowest BCUT2D eigenvalue weighted by molar-refractivity contribution is 0.116. The highest BCUT2D eigenvalue weighted by Gasteiger charge is 2.29. The Kier molecular flexibility index (Phi) is 5.04. The van der Waals surface area contributed by atoms with E-state index in [2.05, 4.69) is 78.2 Å². The van der Waals surface area contributed by atoms with Gasteiger partial charge in [0, 0.05) is 29.1 Å². The van der Waals surface area contributed by atoms with Crippen LogP contribution in [-0.4, -0.2) is 30.6 Å². The Morgan fingerprint density at radius 1 is 1.37 bits per heavy atom. The highest BCUT2D eigenvalue weighted by atomic mass is 79.9. The molecule has 0 spiro atoms. The lowest BCUT2D eigenvalue weighted by Crippen LogP contribution is -2.51. The molecule has 1 aromatic rings. The first-order valence-electron chi connectivity index (χ1n) is 7.19. The van der Waals surface area contributed by atoms with Gasteiger partial charge in [-0.25, -0.2) is 0 Å². The summed E-state index contributed by atoms with van der Waals surface area (Å²) >= 11 is 3.55. The maximum absolute atomic E-state index is 3.82. The number of likely N-dealkylation sites (tertiary alicyclic amines) is 1. The topological polar surface area (TPSA) is 15.3 Å². The average Bonchev–Trinajstić information content (AvgIpc) is 2.36. The van der Waals surface area contributed by atoms with Gasteiger partial charge in [-0.3, -0.25) is 0 Å². The van der Waals surface area contributed by atoms with Crippen molar-refractivity contribution in [3.05, 3.63) is 34.3 Å². The molecular weight excluding hydrogens is 300 g/mol. The standard InChI is InChI=1S/C16H25BrN2/c1-11-10-19(4)12(2)8-16(11)18-13(3)14-6-5-7-15(17)9-14/h5-7,9,11-13,16,18H,8,10H2,1-4H3/t11?,12?,13-,16?/m0/s1. The van der Waals surface area contributed by atoms with Crippen LogP contribution in [0.2, 0.25) is 0 Å². The van der Waals surface area contributed by atoms with Crippen molar-refractivity contribution >= 4 is 15.9 Å². The summed E-state index contributed by atoms with van der Waals surface area (Å²) in [6.07, 6.45) is 1.23. The van der Waals surface area contributed by atoms with Gasteiger partial charge in [-0.15, -0.1) is 0 Å².